The predicted octanol–water partition coefficient (Wildman–Crippen LogP) is 3.82. The van der Waals surface area contributed by atoms with E-state index >= 15 is 0 Å². The largest absolute Gasteiger partial charge is 0.347 e. The van der Waals surface area contributed by atoms with Crippen molar-refractivity contribution in [2.24, 2.45) is 0 Å². The van der Waals surface area contributed by atoms with Gasteiger partial charge in [0.1, 0.15) is 0 Å². The van der Waals surface area contributed by atoms with E-state index < -0.39 is 0 Å². The van der Waals surface area contributed by atoms with Gasteiger partial charge in [-0.05, 0) is 47.3 Å². The molecule has 0 aliphatic heterocycles. The SMILES string of the molecule is O=C(NC1CCCC1n1ccnc1)c1cccc(Br)c1Cl. The first kappa shape index (κ1) is 14.6. The van der Waals surface area contributed by atoms with Crippen LogP contribution in [0, 0.1) is 0 Å². The van der Waals surface area contributed by atoms with Crippen molar-refractivity contribution in [1.29, 1.82) is 0 Å². The first-order valence-corrected chi connectivity index (χ1v) is 8.06. The summed E-state index contributed by atoms with van der Waals surface area (Å²) in [6.45, 7) is 0. The Kier molecular flexibility index (Phi) is 4.31. The van der Waals surface area contributed by atoms with Crippen molar-refractivity contribution >= 4 is 33.4 Å². The molecule has 1 amide bonds. The maximum Gasteiger partial charge on any atom is 0.253 e. The Bertz CT molecular complexity index is 644. The van der Waals surface area contributed by atoms with E-state index in [1.54, 1.807) is 18.6 Å². The van der Waals surface area contributed by atoms with Crippen LogP contribution in [-0.2, 0) is 0 Å². The van der Waals surface area contributed by atoms with Crippen molar-refractivity contribution in [1.82, 2.24) is 14.9 Å². The van der Waals surface area contributed by atoms with Crippen molar-refractivity contribution < 1.29 is 4.79 Å². The monoisotopic (exact) mass is 367 g/mol. The lowest BCUT2D eigenvalue weighted by molar-refractivity contribution is 0.0929. The van der Waals surface area contributed by atoms with E-state index in [4.69, 9.17) is 11.6 Å². The molecule has 2 atom stereocenters. The van der Waals surface area contributed by atoms with Gasteiger partial charge in [-0.2, -0.15) is 0 Å². The van der Waals surface area contributed by atoms with Crippen molar-refractivity contribution in [3.63, 3.8) is 0 Å². The zero-order valence-electron chi connectivity index (χ0n) is 11.3. The lowest BCUT2D eigenvalue weighted by Gasteiger charge is -2.22. The summed E-state index contributed by atoms with van der Waals surface area (Å²) < 4.78 is 2.80. The molecular formula is C15H15BrClN3O. The highest BCUT2D eigenvalue weighted by Gasteiger charge is 2.30. The van der Waals surface area contributed by atoms with E-state index in [1.807, 2.05) is 18.3 Å². The Balaban J connectivity index is 1.76. The number of hydrogen-bond acceptors (Lipinski definition) is 2. The number of benzene rings is 1. The Labute approximate surface area is 136 Å². The Morgan fingerprint density at radius 1 is 1.43 bits per heavy atom. The number of carbonyl (C=O) groups excluding carboxylic acids is 1. The lowest BCUT2D eigenvalue weighted by atomic mass is 10.1. The van der Waals surface area contributed by atoms with Gasteiger partial charge in [0.2, 0.25) is 0 Å². The standard InChI is InChI=1S/C15H15BrClN3O/c16-11-4-1-3-10(14(11)17)15(21)19-12-5-2-6-13(12)20-8-7-18-9-20/h1,3-4,7-9,12-13H,2,5-6H2,(H,19,21). The number of nitrogens with zero attached hydrogens (tertiary/aromatic N) is 2. The fourth-order valence-corrected chi connectivity index (χ4v) is 3.43. The molecule has 1 N–H and O–H groups in total. The highest BCUT2D eigenvalue weighted by Crippen LogP contribution is 2.31. The van der Waals surface area contributed by atoms with Crippen LogP contribution in [0.4, 0.5) is 0 Å². The van der Waals surface area contributed by atoms with Gasteiger partial charge in [-0.25, -0.2) is 4.98 Å². The minimum Gasteiger partial charge on any atom is -0.347 e. The normalized spacial score (nSPS) is 21.4. The van der Waals surface area contributed by atoms with Crippen molar-refractivity contribution in [2.75, 3.05) is 0 Å². The van der Waals surface area contributed by atoms with E-state index in [2.05, 4.69) is 30.8 Å². The second kappa shape index (κ2) is 6.20. The Morgan fingerprint density at radius 2 is 2.29 bits per heavy atom. The first-order chi connectivity index (χ1) is 10.2. The van der Waals surface area contributed by atoms with Crippen molar-refractivity contribution in [2.45, 2.75) is 31.3 Å². The number of aromatic nitrogens is 2. The van der Waals surface area contributed by atoms with Gasteiger partial charge in [0.15, 0.2) is 0 Å². The molecule has 4 nitrogen and oxygen atoms in total. The summed E-state index contributed by atoms with van der Waals surface area (Å²) >= 11 is 9.53. The van der Waals surface area contributed by atoms with E-state index in [-0.39, 0.29) is 18.0 Å². The van der Waals surface area contributed by atoms with Gasteiger partial charge in [-0.3, -0.25) is 4.79 Å². The third-order valence-electron chi connectivity index (χ3n) is 3.90. The highest BCUT2D eigenvalue weighted by molar-refractivity contribution is 9.10. The smallest absolute Gasteiger partial charge is 0.253 e. The molecule has 1 aromatic heterocycles. The molecule has 1 aliphatic carbocycles. The topological polar surface area (TPSA) is 46.9 Å². The summed E-state index contributed by atoms with van der Waals surface area (Å²) in [7, 11) is 0. The molecular weight excluding hydrogens is 354 g/mol. The molecule has 2 unspecified atom stereocenters. The van der Waals surface area contributed by atoms with Crippen molar-refractivity contribution in [3.8, 4) is 0 Å². The van der Waals surface area contributed by atoms with Crippen molar-refractivity contribution in [3.05, 3.63) is 52.0 Å². The third-order valence-corrected chi connectivity index (χ3v) is 5.20. The molecule has 0 saturated heterocycles. The number of amides is 1. The second-order valence-corrected chi connectivity index (χ2v) is 6.42. The number of nitrogens with one attached hydrogen (secondary N) is 1. The van der Waals surface area contributed by atoms with E-state index in [9.17, 15) is 4.79 Å². The number of carbonyl (C=O) groups is 1. The van der Waals surface area contributed by atoms with Crippen LogP contribution in [0.15, 0.2) is 41.4 Å². The average Bonchev–Trinajstić information content (AvgIpc) is 3.12. The molecule has 2 aromatic rings. The molecule has 1 heterocycles. The fraction of sp³-hybridized carbons (Fsp3) is 0.333. The molecule has 6 heteroatoms. The van der Waals surface area contributed by atoms with Crippen LogP contribution in [0.1, 0.15) is 35.7 Å². The highest BCUT2D eigenvalue weighted by atomic mass is 79.9. The fourth-order valence-electron chi connectivity index (χ4n) is 2.86. The maximum absolute atomic E-state index is 12.4. The quantitative estimate of drug-likeness (QED) is 0.895. The predicted molar refractivity (Wildman–Crippen MR) is 85.5 cm³/mol. The van der Waals surface area contributed by atoms with Gasteiger partial charge < -0.3 is 9.88 Å². The van der Waals surface area contributed by atoms with Gasteiger partial charge in [-0.1, -0.05) is 17.7 Å². The van der Waals surface area contributed by atoms with Crippen LogP contribution < -0.4 is 5.32 Å². The Morgan fingerprint density at radius 3 is 3.05 bits per heavy atom. The van der Waals surface area contributed by atoms with E-state index in [0.717, 1.165) is 23.7 Å². The lowest BCUT2D eigenvalue weighted by Crippen LogP contribution is -2.38. The number of hydrogen-bond donors (Lipinski definition) is 1. The molecule has 21 heavy (non-hydrogen) atoms. The van der Waals surface area contributed by atoms with Crippen LogP contribution >= 0.6 is 27.5 Å². The van der Waals surface area contributed by atoms with E-state index in [0.29, 0.717) is 10.6 Å². The van der Waals surface area contributed by atoms with Crippen LogP contribution in [0.2, 0.25) is 5.02 Å². The molecule has 110 valence electrons. The summed E-state index contributed by atoms with van der Waals surface area (Å²) in [6, 6.07) is 5.75. The molecule has 1 aromatic carbocycles. The zero-order chi connectivity index (χ0) is 14.8. The first-order valence-electron chi connectivity index (χ1n) is 6.89. The molecule has 0 bridgehead atoms. The van der Waals surface area contributed by atoms with Gasteiger partial charge in [-0.15, -0.1) is 0 Å². The van der Waals surface area contributed by atoms with Gasteiger partial charge >= 0.3 is 0 Å². The summed E-state index contributed by atoms with van der Waals surface area (Å²) in [5.74, 6) is -0.127. The summed E-state index contributed by atoms with van der Waals surface area (Å²) in [6.07, 6.45) is 8.64. The Hall–Kier alpha value is -1.33. The molecule has 1 aliphatic rings. The zero-order valence-corrected chi connectivity index (χ0v) is 13.6. The molecule has 1 fully saturated rings. The second-order valence-electron chi connectivity index (χ2n) is 5.19. The van der Waals surface area contributed by atoms with Gasteiger partial charge in [0.25, 0.3) is 5.91 Å². The molecule has 3 rings (SSSR count). The number of imidazole rings is 1. The maximum atomic E-state index is 12.4. The van der Waals surface area contributed by atoms with Crippen LogP contribution in [0.3, 0.4) is 0 Å². The molecule has 1 saturated carbocycles. The summed E-state index contributed by atoms with van der Waals surface area (Å²) in [5.41, 5.74) is 0.502. The van der Waals surface area contributed by atoms with E-state index in [1.165, 1.54) is 0 Å². The number of halogens is 2. The van der Waals surface area contributed by atoms with Gasteiger partial charge in [0.05, 0.1) is 23.0 Å². The van der Waals surface area contributed by atoms with Crippen LogP contribution in [0.5, 0.6) is 0 Å². The van der Waals surface area contributed by atoms with Crippen LogP contribution in [0.25, 0.3) is 0 Å². The number of rotatable bonds is 3. The summed E-state index contributed by atoms with van der Waals surface area (Å²) in [5, 5.41) is 3.56. The minimum absolute atomic E-state index is 0.113. The van der Waals surface area contributed by atoms with Gasteiger partial charge in [0, 0.05) is 22.9 Å². The summed E-state index contributed by atoms with van der Waals surface area (Å²) in [4.78, 5) is 16.5. The van der Waals surface area contributed by atoms with Crippen LogP contribution in [-0.4, -0.2) is 21.5 Å². The molecule has 0 radical (unpaired) electrons. The minimum atomic E-state index is -0.127. The molecule has 0 spiro atoms. The average molecular weight is 369 g/mol. The third kappa shape index (κ3) is 2.99.